The summed E-state index contributed by atoms with van der Waals surface area (Å²) in [6.07, 6.45) is 3.07. The highest BCUT2D eigenvalue weighted by molar-refractivity contribution is 5.92. The Morgan fingerprint density at radius 3 is 2.21 bits per heavy atom. The zero-order valence-electron chi connectivity index (χ0n) is 24.1. The molecule has 0 aliphatic carbocycles. The number of hydrogen-bond acceptors (Lipinski definition) is 4. The summed E-state index contributed by atoms with van der Waals surface area (Å²) >= 11 is 0. The summed E-state index contributed by atoms with van der Waals surface area (Å²) in [5.41, 5.74) is 8.91. The maximum atomic E-state index is 11.8. The smallest absolute Gasteiger partial charge is 0.138 e. The second kappa shape index (κ2) is 9.35. The molecule has 38 heavy (non-hydrogen) atoms. The Morgan fingerprint density at radius 1 is 0.842 bits per heavy atom. The van der Waals surface area contributed by atoms with Crippen molar-refractivity contribution in [2.45, 2.75) is 104 Å². The zero-order valence-corrected chi connectivity index (χ0v) is 24.1. The molecular formula is C32H42N4O2. The van der Waals surface area contributed by atoms with E-state index in [1.807, 2.05) is 19.1 Å². The van der Waals surface area contributed by atoms with Crippen molar-refractivity contribution in [1.82, 2.24) is 19.9 Å². The zero-order chi connectivity index (χ0) is 27.6. The van der Waals surface area contributed by atoms with E-state index >= 15 is 0 Å². The maximum Gasteiger partial charge on any atom is 0.138 e. The summed E-state index contributed by atoms with van der Waals surface area (Å²) in [7, 11) is 0. The van der Waals surface area contributed by atoms with Crippen molar-refractivity contribution in [1.29, 1.82) is 0 Å². The third kappa shape index (κ3) is 3.76. The summed E-state index contributed by atoms with van der Waals surface area (Å²) in [5, 5.41) is 23.6. The average molecular weight is 515 g/mol. The third-order valence-electron chi connectivity index (χ3n) is 9.40. The molecule has 2 aromatic heterocycles. The third-order valence-corrected chi connectivity index (χ3v) is 9.40. The van der Waals surface area contributed by atoms with Crippen molar-refractivity contribution in [3.05, 3.63) is 69.6 Å². The van der Waals surface area contributed by atoms with Gasteiger partial charge < -0.3 is 20.2 Å². The van der Waals surface area contributed by atoms with Crippen LogP contribution in [0.4, 0.5) is 0 Å². The van der Waals surface area contributed by atoms with Crippen LogP contribution in [0.2, 0.25) is 0 Å². The minimum Gasteiger partial charge on any atom is -0.380 e. The number of hydrogen-bond donors (Lipinski definition) is 4. The minimum absolute atomic E-state index is 0.227. The molecule has 202 valence electrons. The van der Waals surface area contributed by atoms with Crippen molar-refractivity contribution in [2.75, 3.05) is 0 Å². The van der Waals surface area contributed by atoms with Crippen molar-refractivity contribution < 1.29 is 10.2 Å². The van der Waals surface area contributed by atoms with Gasteiger partial charge in [-0.2, -0.15) is 0 Å². The van der Waals surface area contributed by atoms with Crippen molar-refractivity contribution >= 4 is 22.2 Å². The predicted molar refractivity (Wildman–Crippen MR) is 154 cm³/mol. The fourth-order valence-corrected chi connectivity index (χ4v) is 6.69. The summed E-state index contributed by atoms with van der Waals surface area (Å²) in [6.45, 7) is 16.6. The highest BCUT2D eigenvalue weighted by atomic mass is 16.4. The first kappa shape index (κ1) is 26.6. The van der Waals surface area contributed by atoms with Crippen molar-refractivity contribution in [2.24, 2.45) is 0 Å². The number of aliphatic hydroxyl groups is 2. The first-order chi connectivity index (χ1) is 18.0. The molecule has 4 unspecified atom stereocenters. The highest BCUT2D eigenvalue weighted by Gasteiger charge is 2.52. The van der Waals surface area contributed by atoms with E-state index in [1.54, 1.807) is 6.92 Å². The van der Waals surface area contributed by atoms with Gasteiger partial charge in [-0.15, -0.1) is 0 Å². The van der Waals surface area contributed by atoms with Crippen LogP contribution in [-0.4, -0.2) is 30.1 Å². The van der Waals surface area contributed by atoms with Crippen LogP contribution >= 0.6 is 0 Å². The van der Waals surface area contributed by atoms with Gasteiger partial charge in [-0.25, -0.2) is 4.98 Å². The molecule has 3 aliphatic rings. The van der Waals surface area contributed by atoms with Crippen LogP contribution in [0.5, 0.6) is 0 Å². The second-order valence-corrected chi connectivity index (χ2v) is 11.3. The van der Waals surface area contributed by atoms with Gasteiger partial charge in [-0.3, -0.25) is 4.98 Å². The first-order valence-electron chi connectivity index (χ1n) is 14.2. The molecule has 0 fully saturated rings. The van der Waals surface area contributed by atoms with Crippen LogP contribution in [0.1, 0.15) is 125 Å². The fraction of sp³-hybridized carbons (Fsp3) is 0.500. The number of aryl methyl sites for hydroxylation is 2. The number of fused-ring (bicyclic) bond motifs is 8. The van der Waals surface area contributed by atoms with Crippen molar-refractivity contribution in [3.63, 3.8) is 0 Å². The Morgan fingerprint density at radius 2 is 1.58 bits per heavy atom. The Bertz CT molecular complexity index is 1510. The lowest BCUT2D eigenvalue weighted by Crippen LogP contribution is -2.43. The summed E-state index contributed by atoms with van der Waals surface area (Å²) < 4.78 is 0. The standard InChI is InChI=1S/C32H42N4O2/c1-9-20-17(5)23-13-27-21(10-2)19(7)25(35-27)15-30-32(38,12-4)31(8,37)29(36-30)16-28-22(11-3)18(6)24(34-28)14-26(20)33-23/h13-16,18,22,33,36-38H,9-12H2,1-8H3. The molecule has 0 radical (unpaired) electrons. The molecule has 6 nitrogen and oxygen atoms in total. The minimum atomic E-state index is -1.50. The van der Waals surface area contributed by atoms with E-state index in [0.29, 0.717) is 17.8 Å². The summed E-state index contributed by atoms with van der Waals surface area (Å²) in [5.74, 6) is 0.466. The van der Waals surface area contributed by atoms with Crippen LogP contribution in [-0.2, 0) is 17.6 Å². The molecule has 0 saturated heterocycles. The van der Waals surface area contributed by atoms with Gasteiger partial charge in [0, 0.05) is 34.3 Å². The predicted octanol–water partition coefficient (Wildman–Crippen LogP) is 7.05. The molecule has 0 spiro atoms. The molecular weight excluding hydrogens is 472 g/mol. The van der Waals surface area contributed by atoms with Crippen LogP contribution in [0.25, 0.3) is 22.2 Å². The van der Waals surface area contributed by atoms with Gasteiger partial charge in [0.1, 0.15) is 11.2 Å². The normalized spacial score (nSPS) is 26.2. The quantitative estimate of drug-likeness (QED) is 0.351. The monoisotopic (exact) mass is 514 g/mol. The summed E-state index contributed by atoms with van der Waals surface area (Å²) in [6, 6.07) is 8.25. The Kier molecular flexibility index (Phi) is 6.56. The number of aromatic amines is 2. The lowest BCUT2D eigenvalue weighted by Gasteiger charge is -2.34. The largest absolute Gasteiger partial charge is 0.380 e. The van der Waals surface area contributed by atoms with Gasteiger partial charge in [-0.05, 0) is 93.0 Å². The van der Waals surface area contributed by atoms with E-state index in [2.05, 4.69) is 63.6 Å². The van der Waals surface area contributed by atoms with Crippen LogP contribution in [0, 0.1) is 6.92 Å². The molecule has 0 saturated carbocycles. The van der Waals surface area contributed by atoms with Crippen LogP contribution in [0.3, 0.4) is 0 Å². The second-order valence-electron chi connectivity index (χ2n) is 11.3. The Labute approximate surface area is 226 Å². The van der Waals surface area contributed by atoms with E-state index < -0.39 is 11.2 Å². The topological polar surface area (TPSA) is 97.8 Å². The average Bonchev–Trinajstić information content (AvgIpc) is 3.51. The summed E-state index contributed by atoms with van der Waals surface area (Å²) in [4.78, 5) is 17.2. The van der Waals surface area contributed by atoms with Crippen molar-refractivity contribution in [3.8, 4) is 0 Å². The number of nitrogens with zero attached hydrogens (tertiary/aromatic N) is 2. The van der Waals surface area contributed by atoms with Crippen LogP contribution < -0.4 is 0 Å². The van der Waals surface area contributed by atoms with Gasteiger partial charge in [-0.1, -0.05) is 34.6 Å². The lowest BCUT2D eigenvalue weighted by molar-refractivity contribution is -0.149. The number of nitrogens with one attached hydrogen (secondary N) is 2. The first-order valence-corrected chi connectivity index (χ1v) is 14.2. The van der Waals surface area contributed by atoms with E-state index in [4.69, 9.17) is 9.97 Å². The van der Waals surface area contributed by atoms with Gasteiger partial charge in [0.05, 0.1) is 22.8 Å². The van der Waals surface area contributed by atoms with Gasteiger partial charge in [0.25, 0.3) is 0 Å². The molecule has 4 atom stereocenters. The molecule has 3 aliphatic heterocycles. The molecule has 5 rings (SSSR count). The molecule has 0 amide bonds. The number of rotatable bonds is 4. The lowest BCUT2D eigenvalue weighted by atomic mass is 9.79. The number of H-pyrrole nitrogens is 2. The molecule has 0 aromatic carbocycles. The molecule has 2 aromatic rings. The maximum absolute atomic E-state index is 11.8. The van der Waals surface area contributed by atoms with E-state index in [1.165, 1.54) is 16.7 Å². The number of aromatic nitrogens is 4. The van der Waals surface area contributed by atoms with E-state index in [9.17, 15) is 10.2 Å². The molecule has 5 heterocycles. The number of allylic oxidation sites excluding steroid dienone is 2. The Balaban J connectivity index is 1.97. The van der Waals surface area contributed by atoms with E-state index in [-0.39, 0.29) is 11.8 Å². The molecule has 4 N–H and O–H groups in total. The van der Waals surface area contributed by atoms with E-state index in [0.717, 1.165) is 58.6 Å². The van der Waals surface area contributed by atoms with Gasteiger partial charge >= 0.3 is 0 Å². The van der Waals surface area contributed by atoms with Gasteiger partial charge in [0.15, 0.2) is 0 Å². The van der Waals surface area contributed by atoms with Gasteiger partial charge in [0.2, 0.25) is 0 Å². The van der Waals surface area contributed by atoms with Crippen LogP contribution in [0.15, 0.2) is 24.3 Å². The SMILES string of the molecule is CCC1=C(C)c2cc3[nH]c(cc4nc(cc5[nH]c(cc1n2)c(C)c5CC)C(C)C4CC)C(C)(O)C3(O)CC. The Hall–Kier alpha value is -2.96. The molecule has 8 bridgehead atoms. The fourth-order valence-electron chi connectivity index (χ4n) is 6.69. The highest BCUT2D eigenvalue weighted by Crippen LogP contribution is 2.47. The molecule has 6 heteroatoms.